The highest BCUT2D eigenvalue weighted by atomic mass is 14.4. The van der Waals surface area contributed by atoms with E-state index in [1.54, 1.807) is 0 Å². The highest BCUT2D eigenvalue weighted by molar-refractivity contribution is 5.65. The number of allylic oxidation sites excluding steroid dienone is 7. The lowest BCUT2D eigenvalue weighted by molar-refractivity contribution is 1.44. The third kappa shape index (κ3) is 11.0. The standard InChI is InChI=1S/C17H20.C7H8.CH5N/c1-5-7-14(2)8-6-9-16(4)17-12-10-15(3)11-13-17;1-7-5-3-2-4-6-7;1-2/h5-13H,2H2,1,3-4H3;2-6H,1H3;2H2,1H3/b7-5-,8-6-,16-9+;;. The number of hydrogen-bond donors (Lipinski definition) is 1. The molecule has 0 fully saturated rings. The van der Waals surface area contributed by atoms with Crippen LogP contribution in [-0.4, -0.2) is 7.05 Å². The summed E-state index contributed by atoms with van der Waals surface area (Å²) in [6.07, 6.45) is 10.1. The van der Waals surface area contributed by atoms with E-state index in [0.29, 0.717) is 0 Å². The lowest BCUT2D eigenvalue weighted by Gasteiger charge is -2.00. The molecule has 0 heterocycles. The molecule has 2 rings (SSSR count). The minimum absolute atomic E-state index is 1.01. The van der Waals surface area contributed by atoms with Gasteiger partial charge >= 0.3 is 0 Å². The summed E-state index contributed by atoms with van der Waals surface area (Å²) < 4.78 is 0. The van der Waals surface area contributed by atoms with Crippen molar-refractivity contribution in [3.05, 3.63) is 114 Å². The van der Waals surface area contributed by atoms with E-state index in [1.165, 1.54) is 29.3 Å². The van der Waals surface area contributed by atoms with E-state index in [0.717, 1.165) is 5.57 Å². The predicted octanol–water partition coefficient (Wildman–Crippen LogP) is 6.66. The first-order valence-electron chi connectivity index (χ1n) is 8.86. The van der Waals surface area contributed by atoms with Crippen molar-refractivity contribution in [1.29, 1.82) is 0 Å². The van der Waals surface area contributed by atoms with E-state index >= 15 is 0 Å². The van der Waals surface area contributed by atoms with Gasteiger partial charge in [0.25, 0.3) is 0 Å². The monoisotopic (exact) mass is 347 g/mol. The van der Waals surface area contributed by atoms with Gasteiger partial charge in [-0.15, -0.1) is 0 Å². The normalized spacial score (nSPS) is 10.8. The van der Waals surface area contributed by atoms with Gasteiger partial charge in [0.15, 0.2) is 0 Å². The zero-order valence-corrected chi connectivity index (χ0v) is 16.9. The third-order valence-corrected chi connectivity index (χ3v) is 3.48. The van der Waals surface area contributed by atoms with Crippen molar-refractivity contribution in [2.75, 3.05) is 7.05 Å². The molecule has 0 aliphatic rings. The van der Waals surface area contributed by atoms with Crippen molar-refractivity contribution in [2.24, 2.45) is 5.73 Å². The van der Waals surface area contributed by atoms with Gasteiger partial charge in [0, 0.05) is 0 Å². The summed E-state index contributed by atoms with van der Waals surface area (Å²) in [7, 11) is 1.50. The van der Waals surface area contributed by atoms with Gasteiger partial charge in [-0.25, -0.2) is 0 Å². The maximum Gasteiger partial charge on any atom is -0.0195 e. The van der Waals surface area contributed by atoms with Crippen LogP contribution in [0.4, 0.5) is 0 Å². The molecular formula is C25H33N. The third-order valence-electron chi connectivity index (χ3n) is 3.48. The fourth-order valence-electron chi connectivity index (χ4n) is 2.03. The first kappa shape index (κ1) is 23.4. The number of hydrogen-bond acceptors (Lipinski definition) is 1. The molecule has 1 nitrogen and oxygen atoms in total. The van der Waals surface area contributed by atoms with Crippen molar-refractivity contribution >= 4 is 5.57 Å². The number of rotatable bonds is 4. The van der Waals surface area contributed by atoms with Crippen LogP contribution in [-0.2, 0) is 0 Å². The molecule has 2 aromatic carbocycles. The van der Waals surface area contributed by atoms with Crippen LogP contribution in [0.25, 0.3) is 5.57 Å². The van der Waals surface area contributed by atoms with Crippen molar-refractivity contribution < 1.29 is 0 Å². The molecule has 26 heavy (non-hydrogen) atoms. The molecule has 0 bridgehead atoms. The summed E-state index contributed by atoms with van der Waals surface area (Å²) in [5.74, 6) is 0. The predicted molar refractivity (Wildman–Crippen MR) is 119 cm³/mol. The molecule has 0 amide bonds. The van der Waals surface area contributed by atoms with Crippen molar-refractivity contribution in [3.63, 3.8) is 0 Å². The first-order valence-corrected chi connectivity index (χ1v) is 8.86. The Labute approximate surface area is 160 Å². The SMILES string of the molecule is C=C(/C=C\C)/C=C\C=C(/C)c1ccc(C)cc1.CN.Cc1ccccc1. The van der Waals surface area contributed by atoms with E-state index < -0.39 is 0 Å². The summed E-state index contributed by atoms with van der Waals surface area (Å²) in [4.78, 5) is 0. The Bertz CT molecular complexity index is 702. The zero-order chi connectivity index (χ0) is 19.8. The second-order valence-electron chi connectivity index (χ2n) is 5.80. The number of nitrogens with two attached hydrogens (primary N) is 1. The van der Waals surface area contributed by atoms with Gasteiger partial charge in [0.1, 0.15) is 0 Å². The first-order chi connectivity index (χ1) is 12.5. The summed E-state index contributed by atoms with van der Waals surface area (Å²) in [6, 6.07) is 18.8. The van der Waals surface area contributed by atoms with Crippen molar-refractivity contribution in [1.82, 2.24) is 0 Å². The Kier molecular flexibility index (Phi) is 13.2. The average molecular weight is 348 g/mol. The molecule has 2 aromatic rings. The van der Waals surface area contributed by atoms with Crippen LogP contribution in [0.1, 0.15) is 30.5 Å². The Hall–Kier alpha value is -2.64. The average Bonchev–Trinajstić information content (AvgIpc) is 2.65. The molecule has 0 aliphatic heterocycles. The van der Waals surface area contributed by atoms with Crippen LogP contribution >= 0.6 is 0 Å². The molecule has 1 heteroatoms. The zero-order valence-electron chi connectivity index (χ0n) is 16.9. The Morgan fingerprint density at radius 1 is 0.846 bits per heavy atom. The smallest absolute Gasteiger partial charge is 0.0195 e. The van der Waals surface area contributed by atoms with Crippen LogP contribution < -0.4 is 5.73 Å². The van der Waals surface area contributed by atoms with Crippen LogP contribution in [0, 0.1) is 13.8 Å². The lowest BCUT2D eigenvalue weighted by Crippen LogP contribution is -1.79. The molecule has 0 spiro atoms. The lowest BCUT2D eigenvalue weighted by atomic mass is 10.1. The summed E-state index contributed by atoms with van der Waals surface area (Å²) >= 11 is 0. The van der Waals surface area contributed by atoms with Crippen LogP contribution in [0.3, 0.4) is 0 Å². The largest absolute Gasteiger partial charge is 0.333 e. The van der Waals surface area contributed by atoms with Crippen LogP contribution in [0.5, 0.6) is 0 Å². The van der Waals surface area contributed by atoms with Crippen molar-refractivity contribution in [3.8, 4) is 0 Å². The highest BCUT2D eigenvalue weighted by Gasteiger charge is 1.92. The number of aryl methyl sites for hydroxylation is 2. The van der Waals surface area contributed by atoms with Gasteiger partial charge in [0.2, 0.25) is 0 Å². The molecule has 0 aliphatic carbocycles. The quantitative estimate of drug-likeness (QED) is 0.615. The maximum atomic E-state index is 4.50. The second-order valence-corrected chi connectivity index (χ2v) is 5.80. The van der Waals surface area contributed by atoms with Gasteiger partial charge in [-0.3, -0.25) is 0 Å². The minimum atomic E-state index is 1.01. The number of benzene rings is 2. The molecular weight excluding hydrogens is 314 g/mol. The van der Waals surface area contributed by atoms with Gasteiger partial charge in [-0.2, -0.15) is 0 Å². The fraction of sp³-hybridized carbons (Fsp3) is 0.200. The molecule has 0 saturated heterocycles. The highest BCUT2D eigenvalue weighted by Crippen LogP contribution is 2.14. The van der Waals surface area contributed by atoms with Gasteiger partial charge in [0.05, 0.1) is 0 Å². The summed E-state index contributed by atoms with van der Waals surface area (Å²) in [5, 5.41) is 0. The van der Waals surface area contributed by atoms with E-state index in [2.05, 4.69) is 75.6 Å². The van der Waals surface area contributed by atoms with Crippen LogP contribution in [0.2, 0.25) is 0 Å². The second kappa shape index (κ2) is 14.7. The maximum absolute atomic E-state index is 4.50. The van der Waals surface area contributed by atoms with E-state index in [1.807, 2.05) is 49.4 Å². The topological polar surface area (TPSA) is 26.0 Å². The Morgan fingerprint density at radius 3 is 1.85 bits per heavy atom. The molecule has 0 radical (unpaired) electrons. The minimum Gasteiger partial charge on any atom is -0.333 e. The Morgan fingerprint density at radius 2 is 1.38 bits per heavy atom. The summed E-state index contributed by atoms with van der Waals surface area (Å²) in [5.41, 5.74) is 10.6. The molecule has 0 unspecified atom stereocenters. The van der Waals surface area contributed by atoms with E-state index in [9.17, 15) is 0 Å². The summed E-state index contributed by atoms with van der Waals surface area (Å²) in [6.45, 7) is 12.2. The molecule has 0 aromatic heterocycles. The molecule has 2 N–H and O–H groups in total. The Balaban J connectivity index is 0.000000575. The van der Waals surface area contributed by atoms with Gasteiger partial charge in [-0.05, 0) is 51.5 Å². The fourth-order valence-corrected chi connectivity index (χ4v) is 2.03. The molecule has 0 atom stereocenters. The van der Waals surface area contributed by atoms with Crippen LogP contribution in [0.15, 0.2) is 97.1 Å². The molecule has 0 saturated carbocycles. The van der Waals surface area contributed by atoms with Gasteiger partial charge < -0.3 is 5.73 Å². The van der Waals surface area contributed by atoms with E-state index in [-0.39, 0.29) is 0 Å². The van der Waals surface area contributed by atoms with Gasteiger partial charge in [-0.1, -0.05) is 103 Å². The van der Waals surface area contributed by atoms with Crippen molar-refractivity contribution in [2.45, 2.75) is 27.7 Å². The van der Waals surface area contributed by atoms with E-state index in [4.69, 9.17) is 0 Å². The molecule has 138 valence electrons.